The summed E-state index contributed by atoms with van der Waals surface area (Å²) in [5, 5.41) is 3.62. The van der Waals surface area contributed by atoms with Gasteiger partial charge in [-0.3, -0.25) is 4.79 Å². The molecular weight excluding hydrogens is 252 g/mol. The Kier molecular flexibility index (Phi) is 6.12. The second kappa shape index (κ2) is 7.36. The van der Waals surface area contributed by atoms with E-state index in [2.05, 4.69) is 5.32 Å². The number of benzene rings is 1. The summed E-state index contributed by atoms with van der Waals surface area (Å²) in [6, 6.07) is 7.41. The first-order chi connectivity index (χ1) is 8.52. The van der Waals surface area contributed by atoms with Crippen LogP contribution in [0.15, 0.2) is 24.3 Å². The Hall–Kier alpha value is -1.10. The van der Waals surface area contributed by atoms with Crippen molar-refractivity contribution in [2.24, 2.45) is 0 Å². The summed E-state index contributed by atoms with van der Waals surface area (Å²) in [5.41, 5.74) is 1.03. The Balaban J connectivity index is 2.77. The van der Waals surface area contributed by atoms with Crippen LogP contribution in [0.1, 0.15) is 11.6 Å². The fourth-order valence-corrected chi connectivity index (χ4v) is 1.79. The molecule has 0 radical (unpaired) electrons. The van der Waals surface area contributed by atoms with E-state index in [0.717, 1.165) is 12.1 Å². The lowest BCUT2D eigenvalue weighted by Gasteiger charge is -2.22. The van der Waals surface area contributed by atoms with Gasteiger partial charge in [0, 0.05) is 18.7 Å². The van der Waals surface area contributed by atoms with Crippen LogP contribution in [0, 0.1) is 0 Å². The molecule has 100 valence electrons. The molecule has 1 aromatic carbocycles. The second-order valence-electron chi connectivity index (χ2n) is 4.37. The van der Waals surface area contributed by atoms with Crippen molar-refractivity contribution in [3.8, 4) is 0 Å². The van der Waals surface area contributed by atoms with Crippen LogP contribution in [0.25, 0.3) is 0 Å². The largest absolute Gasteiger partial charge is 0.375 e. The van der Waals surface area contributed by atoms with Gasteiger partial charge in [0.25, 0.3) is 0 Å². The number of carbonyl (C=O) groups excluding carboxylic acids is 1. The predicted molar refractivity (Wildman–Crippen MR) is 72.8 cm³/mol. The summed E-state index contributed by atoms with van der Waals surface area (Å²) in [6.07, 6.45) is 0. The van der Waals surface area contributed by atoms with Crippen LogP contribution in [-0.2, 0) is 9.53 Å². The van der Waals surface area contributed by atoms with Crippen molar-refractivity contribution in [2.75, 3.05) is 34.4 Å². The zero-order valence-electron chi connectivity index (χ0n) is 10.9. The van der Waals surface area contributed by atoms with Crippen molar-refractivity contribution in [1.29, 1.82) is 0 Å². The molecule has 1 N–H and O–H groups in total. The van der Waals surface area contributed by atoms with Gasteiger partial charge in [-0.2, -0.15) is 0 Å². The Morgan fingerprint density at radius 3 is 2.50 bits per heavy atom. The molecule has 18 heavy (non-hydrogen) atoms. The number of ether oxygens (including phenoxy) is 1. The third kappa shape index (κ3) is 5.04. The molecule has 0 saturated carbocycles. The van der Waals surface area contributed by atoms with E-state index in [1.807, 2.05) is 43.3 Å². The molecule has 1 aromatic rings. The molecule has 5 heteroatoms. The lowest BCUT2D eigenvalue weighted by Crippen LogP contribution is -2.37. The van der Waals surface area contributed by atoms with Gasteiger partial charge in [-0.25, -0.2) is 0 Å². The summed E-state index contributed by atoms with van der Waals surface area (Å²) in [5.74, 6) is -0.126. The molecule has 1 atom stereocenters. The third-order valence-electron chi connectivity index (χ3n) is 2.43. The number of hydrogen-bond acceptors (Lipinski definition) is 3. The smallest absolute Gasteiger partial charge is 0.246 e. The van der Waals surface area contributed by atoms with Gasteiger partial charge in [-0.1, -0.05) is 23.7 Å². The first-order valence-electron chi connectivity index (χ1n) is 5.71. The summed E-state index contributed by atoms with van der Waals surface area (Å²) >= 11 is 5.86. The van der Waals surface area contributed by atoms with E-state index in [1.54, 1.807) is 0 Å². The highest BCUT2D eigenvalue weighted by atomic mass is 35.5. The number of methoxy groups -OCH3 is 1. The van der Waals surface area contributed by atoms with E-state index < -0.39 is 0 Å². The van der Waals surface area contributed by atoms with Crippen LogP contribution in [0.2, 0.25) is 5.02 Å². The van der Waals surface area contributed by atoms with E-state index in [4.69, 9.17) is 16.3 Å². The summed E-state index contributed by atoms with van der Waals surface area (Å²) in [6.45, 7) is 0.786. The van der Waals surface area contributed by atoms with Crippen molar-refractivity contribution >= 4 is 17.5 Å². The first-order valence-corrected chi connectivity index (χ1v) is 6.09. The zero-order valence-corrected chi connectivity index (χ0v) is 11.7. The molecule has 1 amide bonds. The summed E-state index contributed by atoms with van der Waals surface area (Å²) < 4.78 is 4.82. The SMILES string of the molecule is COCC(=O)NC(CN(C)C)c1ccc(Cl)cc1. The lowest BCUT2D eigenvalue weighted by molar-refractivity contribution is -0.125. The highest BCUT2D eigenvalue weighted by Crippen LogP contribution is 2.17. The number of nitrogens with zero attached hydrogens (tertiary/aromatic N) is 1. The van der Waals surface area contributed by atoms with E-state index >= 15 is 0 Å². The van der Waals surface area contributed by atoms with E-state index in [-0.39, 0.29) is 18.6 Å². The minimum absolute atomic E-state index is 0.0670. The molecule has 0 bridgehead atoms. The van der Waals surface area contributed by atoms with Crippen molar-refractivity contribution < 1.29 is 9.53 Å². The Morgan fingerprint density at radius 1 is 1.39 bits per heavy atom. The van der Waals surface area contributed by atoms with Gasteiger partial charge < -0.3 is 15.0 Å². The van der Waals surface area contributed by atoms with Crippen LogP contribution in [-0.4, -0.2) is 45.2 Å². The second-order valence-corrected chi connectivity index (χ2v) is 4.80. The Morgan fingerprint density at radius 2 is 2.00 bits per heavy atom. The molecule has 0 heterocycles. The standard InChI is InChI=1S/C13H19ClN2O2/c1-16(2)8-12(15-13(17)9-18-3)10-4-6-11(14)7-5-10/h4-7,12H,8-9H2,1-3H3,(H,15,17). The minimum Gasteiger partial charge on any atom is -0.375 e. The minimum atomic E-state index is -0.126. The molecular formula is C13H19ClN2O2. The van der Waals surface area contributed by atoms with Gasteiger partial charge in [0.15, 0.2) is 0 Å². The highest BCUT2D eigenvalue weighted by molar-refractivity contribution is 6.30. The van der Waals surface area contributed by atoms with Crippen molar-refractivity contribution in [2.45, 2.75) is 6.04 Å². The van der Waals surface area contributed by atoms with Gasteiger partial charge >= 0.3 is 0 Å². The number of hydrogen-bond donors (Lipinski definition) is 1. The summed E-state index contributed by atoms with van der Waals surface area (Å²) in [7, 11) is 5.43. The van der Waals surface area contributed by atoms with Crippen molar-refractivity contribution in [1.82, 2.24) is 10.2 Å². The number of rotatable bonds is 6. The third-order valence-corrected chi connectivity index (χ3v) is 2.68. The topological polar surface area (TPSA) is 41.6 Å². The number of nitrogens with one attached hydrogen (secondary N) is 1. The molecule has 0 saturated heterocycles. The average Bonchev–Trinajstić information content (AvgIpc) is 2.28. The maximum atomic E-state index is 11.6. The fourth-order valence-electron chi connectivity index (χ4n) is 1.66. The van der Waals surface area contributed by atoms with E-state index in [1.165, 1.54) is 7.11 Å². The summed E-state index contributed by atoms with van der Waals surface area (Å²) in [4.78, 5) is 13.6. The van der Waals surface area contributed by atoms with Gasteiger partial charge in [0.2, 0.25) is 5.91 Å². The molecule has 1 unspecified atom stereocenters. The number of amides is 1. The highest BCUT2D eigenvalue weighted by Gasteiger charge is 2.15. The number of carbonyl (C=O) groups is 1. The molecule has 0 aliphatic heterocycles. The normalized spacial score (nSPS) is 12.5. The van der Waals surface area contributed by atoms with Crippen molar-refractivity contribution in [3.05, 3.63) is 34.9 Å². The maximum absolute atomic E-state index is 11.6. The van der Waals surface area contributed by atoms with E-state index in [0.29, 0.717) is 5.02 Å². The lowest BCUT2D eigenvalue weighted by atomic mass is 10.1. The molecule has 0 fully saturated rings. The van der Waals surface area contributed by atoms with Gasteiger partial charge in [0.1, 0.15) is 6.61 Å². The van der Waals surface area contributed by atoms with Gasteiger partial charge in [-0.05, 0) is 31.8 Å². The molecule has 0 aromatic heterocycles. The first kappa shape index (κ1) is 15.0. The fraction of sp³-hybridized carbons (Fsp3) is 0.462. The van der Waals surface area contributed by atoms with Crippen LogP contribution in [0.3, 0.4) is 0 Å². The van der Waals surface area contributed by atoms with E-state index in [9.17, 15) is 4.79 Å². The molecule has 0 spiro atoms. The molecule has 0 aliphatic carbocycles. The number of halogens is 1. The van der Waals surface area contributed by atoms with Gasteiger partial charge in [-0.15, -0.1) is 0 Å². The quantitative estimate of drug-likeness (QED) is 0.856. The van der Waals surface area contributed by atoms with Crippen molar-refractivity contribution in [3.63, 3.8) is 0 Å². The van der Waals surface area contributed by atoms with Gasteiger partial charge in [0.05, 0.1) is 6.04 Å². The van der Waals surface area contributed by atoms with Crippen LogP contribution >= 0.6 is 11.6 Å². The maximum Gasteiger partial charge on any atom is 0.246 e. The van der Waals surface area contributed by atoms with Crippen LogP contribution in [0.4, 0.5) is 0 Å². The Labute approximate surface area is 113 Å². The zero-order chi connectivity index (χ0) is 13.5. The molecule has 1 rings (SSSR count). The van der Waals surface area contributed by atoms with Crippen LogP contribution < -0.4 is 5.32 Å². The molecule has 4 nitrogen and oxygen atoms in total. The monoisotopic (exact) mass is 270 g/mol. The average molecular weight is 271 g/mol. The molecule has 0 aliphatic rings. The number of likely N-dealkylation sites (N-methyl/N-ethyl adjacent to an activating group) is 1. The van der Waals surface area contributed by atoms with Crippen LogP contribution in [0.5, 0.6) is 0 Å². The Bertz CT molecular complexity index is 379. The predicted octanol–water partition coefficient (Wildman–Crippen LogP) is 1.71.